The summed E-state index contributed by atoms with van der Waals surface area (Å²) in [4.78, 5) is 19.4. The maximum absolute atomic E-state index is 13.1. The normalized spacial score (nSPS) is 15.6. The van der Waals surface area contributed by atoms with Crippen LogP contribution in [0.3, 0.4) is 0 Å². The molecule has 3 heterocycles. The van der Waals surface area contributed by atoms with Crippen molar-refractivity contribution in [2.75, 3.05) is 7.05 Å². The van der Waals surface area contributed by atoms with Crippen LogP contribution in [0, 0.1) is 0 Å². The van der Waals surface area contributed by atoms with Crippen molar-refractivity contribution in [1.29, 1.82) is 0 Å². The van der Waals surface area contributed by atoms with E-state index in [9.17, 15) is 4.79 Å². The summed E-state index contributed by atoms with van der Waals surface area (Å²) in [7, 11) is 3.72. The van der Waals surface area contributed by atoms with E-state index in [1.807, 2.05) is 48.3 Å². The van der Waals surface area contributed by atoms with E-state index in [4.69, 9.17) is 4.42 Å². The molecule has 5 rings (SSSR count). The SMILES string of the molecule is CN(Cc1ccco1)C(=O)c1nn(C)c2c1CC(NCc1cnc3ccccc3c1)CC2. The van der Waals surface area contributed by atoms with Gasteiger partial charge in [0.05, 0.1) is 18.3 Å². The molecule has 0 aliphatic heterocycles. The Bertz CT molecular complexity index is 1240. The first-order valence-corrected chi connectivity index (χ1v) is 11.0. The number of aromatic nitrogens is 3. The van der Waals surface area contributed by atoms with E-state index < -0.39 is 0 Å². The van der Waals surface area contributed by atoms with E-state index in [0.29, 0.717) is 18.3 Å². The van der Waals surface area contributed by atoms with Crippen molar-refractivity contribution in [1.82, 2.24) is 25.0 Å². The number of carbonyl (C=O) groups is 1. The number of aryl methyl sites for hydroxylation is 1. The van der Waals surface area contributed by atoms with Crippen molar-refractivity contribution >= 4 is 16.8 Å². The van der Waals surface area contributed by atoms with Crippen LogP contribution < -0.4 is 5.32 Å². The van der Waals surface area contributed by atoms with Gasteiger partial charge in [0.25, 0.3) is 5.91 Å². The fraction of sp³-hybridized carbons (Fsp3) is 0.320. The summed E-state index contributed by atoms with van der Waals surface area (Å²) >= 11 is 0. The predicted molar refractivity (Wildman–Crippen MR) is 122 cm³/mol. The van der Waals surface area contributed by atoms with E-state index >= 15 is 0 Å². The van der Waals surface area contributed by atoms with Crippen LogP contribution in [0.15, 0.2) is 59.3 Å². The summed E-state index contributed by atoms with van der Waals surface area (Å²) in [6.07, 6.45) is 6.27. The molecule has 7 heteroatoms. The number of amides is 1. The molecule has 32 heavy (non-hydrogen) atoms. The third-order valence-corrected chi connectivity index (χ3v) is 6.22. The molecule has 1 aliphatic carbocycles. The molecule has 1 atom stereocenters. The Balaban J connectivity index is 1.28. The summed E-state index contributed by atoms with van der Waals surface area (Å²) in [5.41, 5.74) is 4.94. The number of para-hydroxylation sites is 1. The van der Waals surface area contributed by atoms with Gasteiger partial charge in [0, 0.05) is 49.5 Å². The quantitative estimate of drug-likeness (QED) is 0.508. The molecular weight excluding hydrogens is 402 g/mol. The lowest BCUT2D eigenvalue weighted by Gasteiger charge is -2.25. The van der Waals surface area contributed by atoms with Gasteiger partial charge < -0.3 is 14.6 Å². The number of hydrogen-bond acceptors (Lipinski definition) is 5. The number of furan rings is 1. The van der Waals surface area contributed by atoms with Crippen molar-refractivity contribution in [3.63, 3.8) is 0 Å². The minimum atomic E-state index is -0.0716. The Hall–Kier alpha value is -3.45. The number of nitrogens with one attached hydrogen (secondary N) is 1. The van der Waals surface area contributed by atoms with Gasteiger partial charge in [-0.1, -0.05) is 18.2 Å². The van der Waals surface area contributed by atoms with Gasteiger partial charge in [-0.2, -0.15) is 5.10 Å². The lowest BCUT2D eigenvalue weighted by molar-refractivity contribution is 0.0767. The van der Waals surface area contributed by atoms with Gasteiger partial charge in [-0.05, 0) is 49.1 Å². The first-order valence-electron chi connectivity index (χ1n) is 11.0. The Morgan fingerprint density at radius 2 is 2.16 bits per heavy atom. The van der Waals surface area contributed by atoms with Crippen molar-refractivity contribution < 1.29 is 9.21 Å². The van der Waals surface area contributed by atoms with Crippen molar-refractivity contribution in [2.24, 2.45) is 7.05 Å². The topological polar surface area (TPSA) is 76.2 Å². The molecule has 0 saturated heterocycles. The third kappa shape index (κ3) is 4.03. The number of fused-ring (bicyclic) bond motifs is 2. The first kappa shape index (κ1) is 20.5. The second kappa shape index (κ2) is 8.59. The van der Waals surface area contributed by atoms with Gasteiger partial charge in [0.1, 0.15) is 5.76 Å². The van der Waals surface area contributed by atoms with Gasteiger partial charge >= 0.3 is 0 Å². The number of nitrogens with zero attached hydrogens (tertiary/aromatic N) is 4. The van der Waals surface area contributed by atoms with E-state index in [2.05, 4.69) is 27.5 Å². The van der Waals surface area contributed by atoms with Crippen molar-refractivity contribution in [2.45, 2.75) is 38.4 Å². The van der Waals surface area contributed by atoms with Crippen LogP contribution in [0.1, 0.15) is 39.5 Å². The molecule has 1 aliphatic rings. The maximum atomic E-state index is 13.1. The van der Waals surface area contributed by atoms with Crippen LogP contribution in [0.4, 0.5) is 0 Å². The number of pyridine rings is 1. The molecule has 0 spiro atoms. The lowest BCUT2D eigenvalue weighted by Crippen LogP contribution is -2.35. The number of rotatable bonds is 6. The first-order chi connectivity index (χ1) is 15.6. The molecule has 0 radical (unpaired) electrons. The van der Waals surface area contributed by atoms with Crippen LogP contribution in [-0.2, 0) is 33.0 Å². The zero-order chi connectivity index (χ0) is 22.1. The zero-order valence-electron chi connectivity index (χ0n) is 18.4. The molecule has 1 aromatic carbocycles. The third-order valence-electron chi connectivity index (χ3n) is 6.22. The Morgan fingerprint density at radius 3 is 3.00 bits per heavy atom. The fourth-order valence-corrected chi connectivity index (χ4v) is 4.50. The van der Waals surface area contributed by atoms with Crippen LogP contribution in [0.2, 0.25) is 0 Å². The fourth-order valence-electron chi connectivity index (χ4n) is 4.50. The Kier molecular flexibility index (Phi) is 5.49. The molecule has 1 unspecified atom stereocenters. The van der Waals surface area contributed by atoms with E-state index in [1.165, 1.54) is 0 Å². The van der Waals surface area contributed by atoms with Crippen LogP contribution in [-0.4, -0.2) is 38.7 Å². The summed E-state index contributed by atoms with van der Waals surface area (Å²) in [5, 5.41) is 9.40. The van der Waals surface area contributed by atoms with E-state index in [0.717, 1.165) is 59.3 Å². The monoisotopic (exact) mass is 429 g/mol. The second-order valence-corrected chi connectivity index (χ2v) is 8.49. The van der Waals surface area contributed by atoms with Gasteiger partial charge in [0.2, 0.25) is 0 Å². The molecule has 7 nitrogen and oxygen atoms in total. The predicted octanol–water partition coefficient (Wildman–Crippen LogP) is 3.48. The van der Waals surface area contributed by atoms with Crippen molar-refractivity contribution in [3.8, 4) is 0 Å². The summed E-state index contributed by atoms with van der Waals surface area (Å²) in [5.74, 6) is 0.687. The molecular formula is C25H27N5O2. The zero-order valence-corrected chi connectivity index (χ0v) is 18.4. The summed E-state index contributed by atoms with van der Waals surface area (Å²) in [6.45, 7) is 1.17. The highest BCUT2D eigenvalue weighted by molar-refractivity contribution is 5.94. The minimum absolute atomic E-state index is 0.0716. The number of benzene rings is 1. The second-order valence-electron chi connectivity index (χ2n) is 8.49. The van der Waals surface area contributed by atoms with Gasteiger partial charge in [-0.3, -0.25) is 14.5 Å². The van der Waals surface area contributed by atoms with Gasteiger partial charge in [0.15, 0.2) is 5.69 Å². The largest absolute Gasteiger partial charge is 0.467 e. The molecule has 1 N–H and O–H groups in total. The van der Waals surface area contributed by atoms with Crippen LogP contribution in [0.5, 0.6) is 0 Å². The van der Waals surface area contributed by atoms with E-state index in [1.54, 1.807) is 18.2 Å². The summed E-state index contributed by atoms with van der Waals surface area (Å²) in [6, 6.07) is 14.3. The molecule has 3 aromatic heterocycles. The Morgan fingerprint density at radius 1 is 1.28 bits per heavy atom. The summed E-state index contributed by atoms with van der Waals surface area (Å²) < 4.78 is 7.26. The molecule has 0 fully saturated rings. The maximum Gasteiger partial charge on any atom is 0.274 e. The molecule has 164 valence electrons. The lowest BCUT2D eigenvalue weighted by atomic mass is 9.91. The van der Waals surface area contributed by atoms with Gasteiger partial charge in [-0.15, -0.1) is 0 Å². The molecule has 4 aromatic rings. The highest BCUT2D eigenvalue weighted by Gasteiger charge is 2.29. The van der Waals surface area contributed by atoms with E-state index in [-0.39, 0.29) is 5.91 Å². The molecule has 1 amide bonds. The standard InChI is InChI=1S/C25H27N5O2/c1-29(16-20-7-5-11-32-20)25(31)24-21-13-19(9-10-23(21)30(2)28-24)26-14-17-12-18-6-3-4-8-22(18)27-15-17/h3-8,11-12,15,19,26H,9-10,13-14,16H2,1-2H3. The average molecular weight is 430 g/mol. The minimum Gasteiger partial charge on any atom is -0.467 e. The Labute approximate surface area is 187 Å². The number of carbonyl (C=O) groups excluding carboxylic acids is 1. The molecule has 0 saturated carbocycles. The van der Waals surface area contributed by atoms with Crippen LogP contribution in [0.25, 0.3) is 10.9 Å². The highest BCUT2D eigenvalue weighted by Crippen LogP contribution is 2.26. The number of hydrogen-bond donors (Lipinski definition) is 1. The van der Waals surface area contributed by atoms with Crippen molar-refractivity contribution in [3.05, 3.63) is 83.2 Å². The molecule has 0 bridgehead atoms. The smallest absolute Gasteiger partial charge is 0.274 e. The van der Waals surface area contributed by atoms with Crippen LogP contribution >= 0.6 is 0 Å². The average Bonchev–Trinajstić information content (AvgIpc) is 3.44. The van der Waals surface area contributed by atoms with Gasteiger partial charge in [-0.25, -0.2) is 0 Å². The highest BCUT2D eigenvalue weighted by atomic mass is 16.3.